The molecular weight excluding hydrogens is 351 g/mol. The molecule has 0 aliphatic heterocycles. The number of pyridine rings is 1. The molecule has 5 heteroatoms. The van der Waals surface area contributed by atoms with E-state index in [4.69, 9.17) is 11.6 Å². The Hall–Kier alpha value is -2.72. The summed E-state index contributed by atoms with van der Waals surface area (Å²) >= 11 is 6.07. The van der Waals surface area contributed by atoms with Gasteiger partial charge in [-0.25, -0.2) is 9.37 Å². The van der Waals surface area contributed by atoms with Crippen molar-refractivity contribution in [3.63, 3.8) is 0 Å². The lowest BCUT2D eigenvalue weighted by Crippen LogP contribution is -2.30. The molecule has 1 heterocycles. The topological polar surface area (TPSA) is 33.2 Å². The van der Waals surface area contributed by atoms with Gasteiger partial charge in [-0.05, 0) is 48.4 Å². The van der Waals surface area contributed by atoms with Crippen molar-refractivity contribution in [2.45, 2.75) is 13.5 Å². The molecule has 0 atom stereocenters. The number of carbonyl (C=O) groups is 1. The van der Waals surface area contributed by atoms with Crippen LogP contribution in [0.15, 0.2) is 66.9 Å². The molecule has 0 bridgehead atoms. The van der Waals surface area contributed by atoms with Crippen molar-refractivity contribution in [2.24, 2.45) is 0 Å². The molecule has 0 spiro atoms. The first-order valence-electron chi connectivity index (χ1n) is 8.23. The number of rotatable bonds is 6. The molecule has 0 N–H and O–H groups in total. The predicted octanol–water partition coefficient (Wildman–Crippen LogP) is 5.07. The summed E-state index contributed by atoms with van der Waals surface area (Å²) in [7, 11) is 0. The monoisotopic (exact) mass is 368 g/mol. The Morgan fingerprint density at radius 1 is 1.12 bits per heavy atom. The highest BCUT2D eigenvalue weighted by Crippen LogP contribution is 2.18. The highest BCUT2D eigenvalue weighted by Gasteiger charge is 2.16. The first-order valence-corrected chi connectivity index (χ1v) is 8.60. The van der Waals surface area contributed by atoms with E-state index in [1.165, 1.54) is 6.07 Å². The summed E-state index contributed by atoms with van der Waals surface area (Å²) in [5.41, 5.74) is 1.83. The summed E-state index contributed by atoms with van der Waals surface area (Å²) in [5.74, 6) is 0.125. The zero-order valence-electron chi connectivity index (χ0n) is 14.3. The molecule has 3 rings (SSSR count). The van der Waals surface area contributed by atoms with Crippen molar-refractivity contribution in [3.8, 4) is 0 Å². The number of hydrogen-bond donors (Lipinski definition) is 0. The third-order valence-electron chi connectivity index (χ3n) is 4.06. The Morgan fingerprint density at radius 2 is 1.96 bits per heavy atom. The third kappa shape index (κ3) is 4.46. The summed E-state index contributed by atoms with van der Waals surface area (Å²) < 4.78 is 13.8. The molecule has 0 unspecified atom stereocenters. The van der Waals surface area contributed by atoms with Gasteiger partial charge in [0.2, 0.25) is 0 Å². The Balaban J connectivity index is 1.85. The minimum Gasteiger partial charge on any atom is -0.345 e. The average molecular weight is 369 g/mol. The zero-order valence-corrected chi connectivity index (χ0v) is 15.1. The van der Waals surface area contributed by atoms with E-state index >= 15 is 0 Å². The third-order valence-corrected chi connectivity index (χ3v) is 4.30. The number of aromatic nitrogens is 1. The molecule has 2 aromatic carbocycles. The van der Waals surface area contributed by atoms with Crippen LogP contribution >= 0.6 is 11.6 Å². The van der Waals surface area contributed by atoms with Crippen LogP contribution in [-0.2, 0) is 6.54 Å². The number of halogens is 2. The number of benzene rings is 2. The van der Waals surface area contributed by atoms with Gasteiger partial charge in [0.15, 0.2) is 5.78 Å². The second-order valence-corrected chi connectivity index (χ2v) is 6.50. The summed E-state index contributed by atoms with van der Waals surface area (Å²) in [6, 6.07) is 17.5. The summed E-state index contributed by atoms with van der Waals surface area (Å²) in [6.07, 6.45) is 1.68. The molecular formula is C21H18ClFN2O. The number of nitrogens with zero attached hydrogens (tertiary/aromatic N) is 2. The smallest absolute Gasteiger partial charge is 0.182 e. The van der Waals surface area contributed by atoms with Crippen molar-refractivity contribution < 1.29 is 9.18 Å². The summed E-state index contributed by atoms with van der Waals surface area (Å²) in [5, 5.41) is 0.635. The molecule has 0 saturated carbocycles. The predicted molar refractivity (Wildman–Crippen MR) is 102 cm³/mol. The molecule has 0 aliphatic rings. The van der Waals surface area contributed by atoms with E-state index in [2.05, 4.69) is 4.98 Å². The van der Waals surface area contributed by atoms with Crippen molar-refractivity contribution in [3.05, 3.63) is 94.4 Å². The quantitative estimate of drug-likeness (QED) is 0.569. The van der Waals surface area contributed by atoms with Crippen LogP contribution in [0.2, 0.25) is 5.02 Å². The first kappa shape index (κ1) is 18.1. The molecule has 0 aliphatic carbocycles. The lowest BCUT2D eigenvalue weighted by molar-refractivity contribution is 0.0998. The molecule has 3 nitrogen and oxygen atoms in total. The number of aryl methyl sites for hydroxylation is 1. The van der Waals surface area contributed by atoms with Crippen LogP contribution in [0.25, 0.3) is 0 Å². The van der Waals surface area contributed by atoms with Crippen LogP contribution in [-0.4, -0.2) is 17.3 Å². The number of hydrogen-bond acceptors (Lipinski definition) is 3. The van der Waals surface area contributed by atoms with Crippen molar-refractivity contribution in [2.75, 3.05) is 11.4 Å². The minimum atomic E-state index is -0.380. The van der Waals surface area contributed by atoms with Gasteiger partial charge in [0.1, 0.15) is 11.6 Å². The molecule has 0 radical (unpaired) electrons. The van der Waals surface area contributed by atoms with E-state index in [1.54, 1.807) is 31.3 Å². The average Bonchev–Trinajstić information content (AvgIpc) is 2.64. The van der Waals surface area contributed by atoms with Crippen LogP contribution in [0.4, 0.5) is 10.2 Å². The lowest BCUT2D eigenvalue weighted by Gasteiger charge is -2.23. The van der Waals surface area contributed by atoms with Gasteiger partial charge in [-0.3, -0.25) is 4.79 Å². The van der Waals surface area contributed by atoms with Gasteiger partial charge in [0.25, 0.3) is 0 Å². The van der Waals surface area contributed by atoms with Gasteiger partial charge >= 0.3 is 0 Å². The Kier molecular flexibility index (Phi) is 5.64. The van der Waals surface area contributed by atoms with E-state index in [1.807, 2.05) is 41.3 Å². The minimum absolute atomic E-state index is 0.0893. The lowest BCUT2D eigenvalue weighted by atomic mass is 10.1. The van der Waals surface area contributed by atoms with Gasteiger partial charge in [-0.2, -0.15) is 0 Å². The molecule has 26 heavy (non-hydrogen) atoms. The van der Waals surface area contributed by atoms with Crippen molar-refractivity contribution in [1.82, 2.24) is 4.98 Å². The van der Waals surface area contributed by atoms with Gasteiger partial charge in [-0.1, -0.05) is 41.9 Å². The van der Waals surface area contributed by atoms with Gasteiger partial charge in [-0.15, -0.1) is 0 Å². The van der Waals surface area contributed by atoms with Gasteiger partial charge in [0.05, 0.1) is 6.54 Å². The van der Waals surface area contributed by atoms with E-state index < -0.39 is 0 Å². The summed E-state index contributed by atoms with van der Waals surface area (Å²) in [6.45, 7) is 2.23. The first-order chi connectivity index (χ1) is 12.5. The van der Waals surface area contributed by atoms with Crippen LogP contribution < -0.4 is 4.90 Å². The van der Waals surface area contributed by atoms with Crippen molar-refractivity contribution in [1.29, 1.82) is 0 Å². The fourth-order valence-electron chi connectivity index (χ4n) is 2.65. The number of carbonyl (C=O) groups excluding carboxylic acids is 1. The van der Waals surface area contributed by atoms with Crippen LogP contribution in [0, 0.1) is 12.7 Å². The van der Waals surface area contributed by atoms with Gasteiger partial charge < -0.3 is 4.90 Å². The maximum absolute atomic E-state index is 13.8. The number of Topliss-reactive ketones (excluding diaryl/α,β-unsaturated/α-hetero) is 1. The SMILES string of the molecule is Cc1ccc(C(=O)CN(Cc2cccc(Cl)c2)c2ccccn2)cc1F. The zero-order chi connectivity index (χ0) is 18.5. The van der Waals surface area contributed by atoms with Crippen LogP contribution in [0.3, 0.4) is 0 Å². The van der Waals surface area contributed by atoms with Crippen molar-refractivity contribution >= 4 is 23.2 Å². The van der Waals surface area contributed by atoms with E-state index in [0.717, 1.165) is 5.56 Å². The number of ketones is 1. The largest absolute Gasteiger partial charge is 0.345 e. The molecule has 132 valence electrons. The fourth-order valence-corrected chi connectivity index (χ4v) is 2.86. The Morgan fingerprint density at radius 3 is 2.65 bits per heavy atom. The Bertz CT molecular complexity index is 915. The second-order valence-electron chi connectivity index (χ2n) is 6.06. The molecule has 1 aromatic heterocycles. The molecule has 3 aromatic rings. The summed E-state index contributed by atoms with van der Waals surface area (Å²) in [4.78, 5) is 18.9. The standard InChI is InChI=1S/C21H18ClFN2O/c1-15-8-9-17(12-19(15)23)20(26)14-25(21-7-2-3-10-24-21)13-16-5-4-6-18(22)11-16/h2-12H,13-14H2,1H3. The van der Waals surface area contributed by atoms with E-state index in [-0.39, 0.29) is 18.1 Å². The molecule has 0 amide bonds. The van der Waals surface area contributed by atoms with Gasteiger partial charge in [0, 0.05) is 23.3 Å². The van der Waals surface area contributed by atoms with E-state index in [0.29, 0.717) is 28.5 Å². The molecule has 0 saturated heterocycles. The second kappa shape index (κ2) is 8.11. The maximum Gasteiger partial charge on any atom is 0.182 e. The van der Waals surface area contributed by atoms with Crippen LogP contribution in [0.1, 0.15) is 21.5 Å². The normalized spacial score (nSPS) is 10.6. The van der Waals surface area contributed by atoms with Crippen LogP contribution in [0.5, 0.6) is 0 Å². The molecule has 0 fully saturated rings. The highest BCUT2D eigenvalue weighted by atomic mass is 35.5. The van der Waals surface area contributed by atoms with E-state index in [9.17, 15) is 9.18 Å². The Labute approximate surface area is 157 Å². The highest BCUT2D eigenvalue weighted by molar-refractivity contribution is 6.30. The number of anilines is 1. The maximum atomic E-state index is 13.8. The fraction of sp³-hybridized carbons (Fsp3) is 0.143.